The summed E-state index contributed by atoms with van der Waals surface area (Å²) in [5.41, 5.74) is 11.2. The third-order valence-electron chi connectivity index (χ3n) is 4.71. The summed E-state index contributed by atoms with van der Waals surface area (Å²) < 4.78 is 16.5. The van der Waals surface area contributed by atoms with Crippen molar-refractivity contribution in [2.75, 3.05) is 46.7 Å². The predicted molar refractivity (Wildman–Crippen MR) is 123 cm³/mol. The lowest BCUT2D eigenvalue weighted by Crippen LogP contribution is -2.42. The second-order valence-electron chi connectivity index (χ2n) is 6.44. The first-order chi connectivity index (χ1) is 13.2. The van der Waals surface area contributed by atoms with Crippen LogP contribution in [-0.4, -0.2) is 51.0 Å². The van der Waals surface area contributed by atoms with Crippen molar-refractivity contribution in [1.29, 1.82) is 0 Å². The zero-order valence-corrected chi connectivity index (χ0v) is 19.5. The molecule has 2 heterocycles. The molecule has 0 radical (unpaired) electrons. The number of nitrogen functional groups attached to an aromatic ring is 1. The first-order valence-electron chi connectivity index (χ1n) is 9.20. The Morgan fingerprint density at radius 1 is 1.03 bits per heavy atom. The largest absolute Gasteiger partial charge is 0.496 e. The molecule has 164 valence electrons. The van der Waals surface area contributed by atoms with E-state index in [9.17, 15) is 0 Å². The van der Waals surface area contributed by atoms with Crippen LogP contribution in [0, 0.1) is 0 Å². The van der Waals surface area contributed by atoms with Gasteiger partial charge in [-0.1, -0.05) is 6.42 Å². The van der Waals surface area contributed by atoms with Gasteiger partial charge in [0.25, 0.3) is 0 Å². The summed E-state index contributed by atoms with van der Waals surface area (Å²) in [4.78, 5) is 5.68. The molecule has 0 unspecified atom stereocenters. The Balaban J connectivity index is 0.00000210. The maximum absolute atomic E-state index is 6.04. The summed E-state index contributed by atoms with van der Waals surface area (Å²) >= 11 is 1.51. The predicted octanol–water partition coefficient (Wildman–Crippen LogP) is 3.79. The number of aromatic nitrogens is 1. The first kappa shape index (κ1) is 25.6. The number of anilines is 1. The van der Waals surface area contributed by atoms with Crippen molar-refractivity contribution in [3.8, 4) is 28.5 Å². The number of benzene rings is 1. The number of hydrazine groups is 1. The standard InChI is InChI=1S/C19H28N4O3S.2ClH/c1-24-13-11-14(25-2)17(15(12-13)26-3)18-16(27-19(20)22-18)7-8-21-23-9-5-4-6-10-23;;/h11-12,21H,4-10H2,1-3H3,(H2,20,22);2*1H. The number of ether oxygens (including phenoxy) is 3. The first-order valence-corrected chi connectivity index (χ1v) is 10.0. The van der Waals surface area contributed by atoms with E-state index in [1.165, 1.54) is 30.6 Å². The minimum absolute atomic E-state index is 0. The van der Waals surface area contributed by atoms with Crippen molar-refractivity contribution < 1.29 is 14.2 Å². The smallest absolute Gasteiger partial charge is 0.180 e. The molecule has 3 N–H and O–H groups in total. The molecule has 1 aromatic heterocycles. The molecule has 1 saturated heterocycles. The number of hydrogen-bond acceptors (Lipinski definition) is 8. The van der Waals surface area contributed by atoms with Gasteiger partial charge in [0.05, 0.1) is 32.6 Å². The molecule has 0 aliphatic carbocycles. The Kier molecular flexibility index (Phi) is 10.8. The zero-order chi connectivity index (χ0) is 19.2. The van der Waals surface area contributed by atoms with Crippen molar-refractivity contribution in [1.82, 2.24) is 15.4 Å². The Morgan fingerprint density at radius 2 is 1.66 bits per heavy atom. The molecule has 1 fully saturated rings. The monoisotopic (exact) mass is 464 g/mol. The van der Waals surface area contributed by atoms with E-state index in [1.54, 1.807) is 21.3 Å². The number of nitrogens with zero attached hydrogens (tertiary/aromatic N) is 2. The van der Waals surface area contributed by atoms with E-state index < -0.39 is 0 Å². The molecule has 1 aliphatic heterocycles. The van der Waals surface area contributed by atoms with Crippen LogP contribution in [0.4, 0.5) is 5.13 Å². The quantitative estimate of drug-likeness (QED) is 0.614. The minimum Gasteiger partial charge on any atom is -0.496 e. The highest BCUT2D eigenvalue weighted by molar-refractivity contribution is 7.15. The number of nitrogens with one attached hydrogen (secondary N) is 1. The normalized spacial score (nSPS) is 13.9. The maximum atomic E-state index is 6.04. The summed E-state index contributed by atoms with van der Waals surface area (Å²) in [6, 6.07) is 3.67. The van der Waals surface area contributed by atoms with E-state index >= 15 is 0 Å². The number of rotatable bonds is 8. The summed E-state index contributed by atoms with van der Waals surface area (Å²) in [5.74, 6) is 1.98. The Labute approximate surface area is 188 Å². The summed E-state index contributed by atoms with van der Waals surface area (Å²) in [7, 11) is 4.88. The second-order valence-corrected chi connectivity index (χ2v) is 7.55. The molecule has 2 aromatic rings. The van der Waals surface area contributed by atoms with Crippen LogP contribution in [0.1, 0.15) is 24.1 Å². The molecule has 3 rings (SSSR count). The lowest BCUT2D eigenvalue weighted by atomic mass is 10.1. The van der Waals surface area contributed by atoms with Gasteiger partial charge in [0, 0.05) is 36.6 Å². The van der Waals surface area contributed by atoms with Crippen molar-refractivity contribution >= 4 is 41.3 Å². The van der Waals surface area contributed by atoms with Gasteiger partial charge in [-0.05, 0) is 19.3 Å². The molecule has 0 bridgehead atoms. The van der Waals surface area contributed by atoms with Gasteiger partial charge in [-0.2, -0.15) is 0 Å². The average Bonchev–Trinajstić information content (AvgIpc) is 3.07. The molecule has 10 heteroatoms. The van der Waals surface area contributed by atoms with Crippen molar-refractivity contribution in [2.45, 2.75) is 25.7 Å². The number of thiazole rings is 1. The second kappa shape index (κ2) is 12.3. The highest BCUT2D eigenvalue weighted by atomic mass is 35.5. The van der Waals surface area contributed by atoms with E-state index in [0.717, 1.165) is 42.2 Å². The topological polar surface area (TPSA) is 81.9 Å². The van der Waals surface area contributed by atoms with E-state index in [0.29, 0.717) is 22.4 Å². The number of hydrogen-bond donors (Lipinski definition) is 2. The van der Waals surface area contributed by atoms with Crippen molar-refractivity contribution in [2.24, 2.45) is 0 Å². The highest BCUT2D eigenvalue weighted by Gasteiger charge is 2.22. The Morgan fingerprint density at radius 3 is 2.21 bits per heavy atom. The SMILES string of the molecule is COc1cc(OC)c(-c2nc(N)sc2CCNN2CCCCC2)c(OC)c1.Cl.Cl. The number of methoxy groups -OCH3 is 3. The fraction of sp³-hybridized carbons (Fsp3) is 0.526. The number of halogens is 2. The molecule has 0 amide bonds. The van der Waals surface area contributed by atoms with Gasteiger partial charge in [-0.25, -0.2) is 9.99 Å². The molecular formula is C19H30Cl2N4O3S. The molecule has 0 saturated carbocycles. The number of nitrogens with two attached hydrogens (primary N) is 1. The lowest BCUT2D eigenvalue weighted by molar-refractivity contribution is 0.156. The van der Waals surface area contributed by atoms with Crippen LogP contribution >= 0.6 is 36.2 Å². The van der Waals surface area contributed by atoms with Gasteiger partial charge in [0.2, 0.25) is 0 Å². The lowest BCUT2D eigenvalue weighted by Gasteiger charge is -2.27. The van der Waals surface area contributed by atoms with Gasteiger partial charge in [0.15, 0.2) is 5.13 Å². The molecule has 0 spiro atoms. The van der Waals surface area contributed by atoms with Gasteiger partial charge in [-0.15, -0.1) is 36.2 Å². The van der Waals surface area contributed by atoms with Crippen molar-refractivity contribution in [3.63, 3.8) is 0 Å². The van der Waals surface area contributed by atoms with Crippen LogP contribution < -0.4 is 25.4 Å². The molecule has 1 aliphatic rings. The average molecular weight is 465 g/mol. The fourth-order valence-electron chi connectivity index (χ4n) is 3.35. The van der Waals surface area contributed by atoms with Crippen LogP contribution in [-0.2, 0) is 6.42 Å². The summed E-state index contributed by atoms with van der Waals surface area (Å²) in [5, 5.41) is 2.85. The van der Waals surface area contributed by atoms with Crippen LogP contribution in [0.2, 0.25) is 0 Å². The third-order valence-corrected chi connectivity index (χ3v) is 5.65. The minimum atomic E-state index is 0. The third kappa shape index (κ3) is 6.26. The van der Waals surface area contributed by atoms with Gasteiger partial charge >= 0.3 is 0 Å². The Bertz CT molecular complexity index is 745. The zero-order valence-electron chi connectivity index (χ0n) is 17.0. The van der Waals surface area contributed by atoms with Gasteiger partial charge in [0.1, 0.15) is 17.2 Å². The van der Waals surface area contributed by atoms with Crippen molar-refractivity contribution in [3.05, 3.63) is 17.0 Å². The van der Waals surface area contributed by atoms with E-state index in [-0.39, 0.29) is 24.8 Å². The van der Waals surface area contributed by atoms with Gasteiger partial charge < -0.3 is 19.9 Å². The van der Waals surface area contributed by atoms with Gasteiger partial charge in [-0.3, -0.25) is 5.43 Å². The van der Waals surface area contributed by atoms with Crippen LogP contribution in [0.15, 0.2) is 12.1 Å². The highest BCUT2D eigenvalue weighted by Crippen LogP contribution is 2.44. The molecule has 0 atom stereocenters. The van der Waals surface area contributed by atoms with E-state index in [1.807, 2.05) is 12.1 Å². The van der Waals surface area contributed by atoms with Crippen LogP contribution in [0.5, 0.6) is 17.2 Å². The molecular weight excluding hydrogens is 435 g/mol. The summed E-state index contributed by atoms with van der Waals surface area (Å²) in [6.45, 7) is 3.06. The number of piperidine rings is 1. The summed E-state index contributed by atoms with van der Waals surface area (Å²) in [6.07, 6.45) is 4.67. The maximum Gasteiger partial charge on any atom is 0.180 e. The molecule has 29 heavy (non-hydrogen) atoms. The van der Waals surface area contributed by atoms with E-state index in [2.05, 4.69) is 15.4 Å². The van der Waals surface area contributed by atoms with Crippen LogP contribution in [0.25, 0.3) is 11.3 Å². The molecule has 1 aromatic carbocycles. The van der Waals surface area contributed by atoms with Crippen LogP contribution in [0.3, 0.4) is 0 Å². The van der Waals surface area contributed by atoms with E-state index in [4.69, 9.17) is 19.9 Å². The molecule has 7 nitrogen and oxygen atoms in total. The fourth-order valence-corrected chi connectivity index (χ4v) is 4.19. The Hall–Kier alpha value is -1.45.